The van der Waals surface area contributed by atoms with Crippen molar-refractivity contribution in [1.29, 1.82) is 0 Å². The Morgan fingerprint density at radius 3 is 2.67 bits per heavy atom. The normalized spacial score (nSPS) is 23.7. The van der Waals surface area contributed by atoms with E-state index in [4.69, 9.17) is 5.73 Å². The van der Waals surface area contributed by atoms with Gasteiger partial charge in [0, 0.05) is 16.6 Å². The third-order valence-corrected chi connectivity index (χ3v) is 3.77. The highest BCUT2D eigenvalue weighted by Crippen LogP contribution is 2.19. The largest absolute Gasteiger partial charge is 0.349 e. The molecule has 0 radical (unpaired) electrons. The maximum Gasteiger partial charge on any atom is 0.254 e. The van der Waals surface area contributed by atoms with Crippen LogP contribution in [0.1, 0.15) is 36.0 Å². The first-order chi connectivity index (χ1) is 8.56. The molecule has 0 aliphatic heterocycles. The topological polar surface area (TPSA) is 55.1 Å². The van der Waals surface area contributed by atoms with Crippen molar-refractivity contribution in [2.45, 2.75) is 37.8 Å². The molecule has 3 nitrogen and oxygen atoms in total. The molecule has 0 unspecified atom stereocenters. The number of nitrogens with one attached hydrogen (secondary N) is 1. The van der Waals surface area contributed by atoms with E-state index in [1.165, 1.54) is 12.1 Å². The van der Waals surface area contributed by atoms with Crippen molar-refractivity contribution in [3.63, 3.8) is 0 Å². The van der Waals surface area contributed by atoms with Gasteiger partial charge in [-0.2, -0.15) is 0 Å². The molecule has 3 N–H and O–H groups in total. The molecule has 2 rings (SSSR count). The molecule has 1 aromatic rings. The van der Waals surface area contributed by atoms with Crippen molar-refractivity contribution in [3.05, 3.63) is 34.1 Å². The lowest BCUT2D eigenvalue weighted by Crippen LogP contribution is -2.40. The van der Waals surface area contributed by atoms with Crippen LogP contribution in [0.5, 0.6) is 0 Å². The minimum atomic E-state index is -0.497. The van der Waals surface area contributed by atoms with Crippen LogP contribution in [0.2, 0.25) is 0 Å². The van der Waals surface area contributed by atoms with Gasteiger partial charge in [0.15, 0.2) is 0 Å². The van der Waals surface area contributed by atoms with Crippen molar-refractivity contribution >= 4 is 21.8 Å². The van der Waals surface area contributed by atoms with E-state index >= 15 is 0 Å². The fourth-order valence-corrected chi connectivity index (χ4v) is 2.56. The Kier molecular flexibility index (Phi) is 4.35. The van der Waals surface area contributed by atoms with Gasteiger partial charge >= 0.3 is 0 Å². The van der Waals surface area contributed by atoms with E-state index < -0.39 is 5.82 Å². The molecule has 1 aromatic carbocycles. The van der Waals surface area contributed by atoms with Gasteiger partial charge in [-0.15, -0.1) is 0 Å². The Bertz CT molecular complexity index is 445. The summed E-state index contributed by atoms with van der Waals surface area (Å²) < 4.78 is 14.2. The summed E-state index contributed by atoms with van der Waals surface area (Å²) in [5, 5.41) is 2.87. The maximum absolute atomic E-state index is 13.5. The Morgan fingerprint density at radius 1 is 1.33 bits per heavy atom. The first-order valence-corrected chi connectivity index (χ1v) is 6.87. The fourth-order valence-electron chi connectivity index (χ4n) is 2.20. The number of carbonyl (C=O) groups is 1. The molecule has 0 spiro atoms. The molecule has 0 atom stereocenters. The number of nitrogens with two attached hydrogens (primary N) is 1. The van der Waals surface area contributed by atoms with Crippen LogP contribution < -0.4 is 11.1 Å². The highest BCUT2D eigenvalue weighted by Gasteiger charge is 2.21. The van der Waals surface area contributed by atoms with Crippen molar-refractivity contribution in [1.82, 2.24) is 5.32 Å². The van der Waals surface area contributed by atoms with E-state index in [9.17, 15) is 9.18 Å². The molecule has 0 saturated heterocycles. The van der Waals surface area contributed by atoms with Crippen LogP contribution in [0.15, 0.2) is 22.7 Å². The fraction of sp³-hybridized carbons (Fsp3) is 0.462. The molecule has 1 fully saturated rings. The molecule has 0 aromatic heterocycles. The van der Waals surface area contributed by atoms with Crippen LogP contribution in [0, 0.1) is 5.82 Å². The highest BCUT2D eigenvalue weighted by molar-refractivity contribution is 9.10. The van der Waals surface area contributed by atoms with Crippen LogP contribution >= 0.6 is 15.9 Å². The molecule has 18 heavy (non-hydrogen) atoms. The van der Waals surface area contributed by atoms with Crippen molar-refractivity contribution < 1.29 is 9.18 Å². The van der Waals surface area contributed by atoms with Gasteiger partial charge in [-0.3, -0.25) is 4.79 Å². The van der Waals surface area contributed by atoms with Crippen LogP contribution in [0.25, 0.3) is 0 Å². The van der Waals surface area contributed by atoms with Crippen molar-refractivity contribution in [2.24, 2.45) is 5.73 Å². The van der Waals surface area contributed by atoms with E-state index in [0.717, 1.165) is 25.7 Å². The Balaban J connectivity index is 2.01. The van der Waals surface area contributed by atoms with Gasteiger partial charge in [0.2, 0.25) is 0 Å². The standard InChI is InChI=1S/C13H16BrFN2O/c14-8-1-6-12(15)11(7-8)13(18)17-10-4-2-9(16)3-5-10/h1,6-7,9-10H,2-5,16H2,(H,17,18). The van der Waals surface area contributed by atoms with Gasteiger partial charge < -0.3 is 11.1 Å². The second kappa shape index (κ2) is 5.80. The predicted molar refractivity (Wildman–Crippen MR) is 71.8 cm³/mol. The van der Waals surface area contributed by atoms with Gasteiger partial charge in [-0.1, -0.05) is 15.9 Å². The second-order valence-electron chi connectivity index (χ2n) is 4.71. The Morgan fingerprint density at radius 2 is 2.00 bits per heavy atom. The number of hydrogen-bond acceptors (Lipinski definition) is 2. The molecular weight excluding hydrogens is 299 g/mol. The number of amides is 1. The van der Waals surface area contributed by atoms with Crippen LogP contribution in [0.4, 0.5) is 4.39 Å². The van der Waals surface area contributed by atoms with E-state index in [-0.39, 0.29) is 23.6 Å². The molecule has 0 bridgehead atoms. The van der Waals surface area contributed by atoms with Gasteiger partial charge in [-0.25, -0.2) is 4.39 Å². The summed E-state index contributed by atoms with van der Waals surface area (Å²) in [7, 11) is 0. The monoisotopic (exact) mass is 314 g/mol. The number of benzene rings is 1. The van der Waals surface area contributed by atoms with E-state index in [1.54, 1.807) is 6.07 Å². The second-order valence-corrected chi connectivity index (χ2v) is 5.63. The summed E-state index contributed by atoms with van der Waals surface area (Å²) >= 11 is 3.23. The number of carbonyl (C=O) groups excluding carboxylic acids is 1. The summed E-state index contributed by atoms with van der Waals surface area (Å²) in [6.45, 7) is 0. The Hall–Kier alpha value is -0.940. The summed E-state index contributed by atoms with van der Waals surface area (Å²) in [5.41, 5.74) is 5.89. The highest BCUT2D eigenvalue weighted by atomic mass is 79.9. The van der Waals surface area contributed by atoms with Gasteiger partial charge in [-0.05, 0) is 43.9 Å². The van der Waals surface area contributed by atoms with E-state index in [2.05, 4.69) is 21.2 Å². The molecule has 1 aliphatic rings. The van der Waals surface area contributed by atoms with Crippen LogP contribution in [-0.4, -0.2) is 18.0 Å². The Labute approximate surface area is 114 Å². The minimum absolute atomic E-state index is 0.0826. The van der Waals surface area contributed by atoms with E-state index in [0.29, 0.717) is 4.47 Å². The minimum Gasteiger partial charge on any atom is -0.349 e. The van der Waals surface area contributed by atoms with E-state index in [1.807, 2.05) is 0 Å². The molecule has 0 heterocycles. The van der Waals surface area contributed by atoms with Gasteiger partial charge in [0.1, 0.15) is 5.82 Å². The third-order valence-electron chi connectivity index (χ3n) is 3.28. The lowest BCUT2D eigenvalue weighted by Gasteiger charge is -2.26. The molecule has 1 amide bonds. The lowest BCUT2D eigenvalue weighted by atomic mass is 9.91. The first-order valence-electron chi connectivity index (χ1n) is 6.08. The van der Waals surface area contributed by atoms with Crippen molar-refractivity contribution in [3.8, 4) is 0 Å². The number of rotatable bonds is 2. The lowest BCUT2D eigenvalue weighted by molar-refractivity contribution is 0.0921. The summed E-state index contributed by atoms with van der Waals surface area (Å²) in [5.74, 6) is -0.850. The van der Waals surface area contributed by atoms with Crippen LogP contribution in [-0.2, 0) is 0 Å². The summed E-state index contributed by atoms with van der Waals surface area (Å²) in [6.07, 6.45) is 3.54. The SMILES string of the molecule is NC1CCC(NC(=O)c2cc(Br)ccc2F)CC1. The van der Waals surface area contributed by atoms with Gasteiger partial charge in [0.05, 0.1) is 5.56 Å². The number of halogens is 2. The average Bonchev–Trinajstić information content (AvgIpc) is 2.35. The van der Waals surface area contributed by atoms with Gasteiger partial charge in [0.25, 0.3) is 5.91 Å². The zero-order valence-corrected chi connectivity index (χ0v) is 11.5. The molecule has 98 valence electrons. The number of hydrogen-bond donors (Lipinski definition) is 2. The zero-order chi connectivity index (χ0) is 13.1. The summed E-state index contributed by atoms with van der Waals surface area (Å²) in [4.78, 5) is 12.0. The third kappa shape index (κ3) is 3.29. The molecule has 1 saturated carbocycles. The molecular formula is C13H16BrFN2O. The zero-order valence-electron chi connectivity index (χ0n) is 9.96. The quantitative estimate of drug-likeness (QED) is 0.881. The van der Waals surface area contributed by atoms with Crippen LogP contribution in [0.3, 0.4) is 0 Å². The first kappa shape index (κ1) is 13.5. The molecule has 5 heteroatoms. The maximum atomic E-state index is 13.5. The smallest absolute Gasteiger partial charge is 0.254 e. The predicted octanol–water partition coefficient (Wildman–Crippen LogP) is 2.59. The van der Waals surface area contributed by atoms with Crippen molar-refractivity contribution in [2.75, 3.05) is 0 Å². The average molecular weight is 315 g/mol. The molecule has 1 aliphatic carbocycles. The summed E-state index contributed by atoms with van der Waals surface area (Å²) in [6, 6.07) is 4.71.